The van der Waals surface area contributed by atoms with Crippen LogP contribution in [0.3, 0.4) is 0 Å². The quantitative estimate of drug-likeness (QED) is 0.613. The van der Waals surface area contributed by atoms with E-state index in [4.69, 9.17) is 11.6 Å². The highest BCUT2D eigenvalue weighted by Gasteiger charge is 2.44. The molecule has 0 saturated heterocycles. The first-order valence-electron chi connectivity index (χ1n) is 8.43. The zero-order chi connectivity index (χ0) is 18.1. The monoisotopic (exact) mass is 429 g/mol. The van der Waals surface area contributed by atoms with Gasteiger partial charge < -0.3 is 5.32 Å². The second-order valence-corrected chi connectivity index (χ2v) is 7.79. The zero-order valence-corrected chi connectivity index (χ0v) is 16.2. The van der Waals surface area contributed by atoms with Gasteiger partial charge in [0.25, 0.3) is 0 Å². The maximum absolute atomic E-state index is 12.5. The number of hydrogen-bond donors (Lipinski definition) is 1. The summed E-state index contributed by atoms with van der Waals surface area (Å²) in [6.07, 6.45) is 2.75. The van der Waals surface area contributed by atoms with Gasteiger partial charge in [0.2, 0.25) is 5.91 Å². The van der Waals surface area contributed by atoms with Crippen LogP contribution in [0.2, 0.25) is 5.02 Å². The van der Waals surface area contributed by atoms with Crippen LogP contribution >= 0.6 is 27.5 Å². The predicted octanol–water partition coefficient (Wildman–Crippen LogP) is 5.09. The molecule has 3 aromatic rings. The van der Waals surface area contributed by atoms with Gasteiger partial charge in [-0.1, -0.05) is 54.1 Å². The van der Waals surface area contributed by atoms with Gasteiger partial charge in [-0.05, 0) is 51.5 Å². The molecule has 1 N–H and O–H groups in total. The van der Waals surface area contributed by atoms with Crippen molar-refractivity contribution >= 4 is 39.3 Å². The van der Waals surface area contributed by atoms with Crippen molar-refractivity contribution in [1.29, 1.82) is 0 Å². The fourth-order valence-electron chi connectivity index (χ4n) is 3.10. The lowest BCUT2D eigenvalue weighted by molar-refractivity contribution is -0.117. The van der Waals surface area contributed by atoms with Crippen LogP contribution < -0.4 is 5.32 Å². The van der Waals surface area contributed by atoms with Crippen molar-refractivity contribution < 1.29 is 4.79 Å². The minimum atomic E-state index is 0.0192. The number of carbonyl (C=O) groups is 1. The molecule has 1 fully saturated rings. The topological polar surface area (TPSA) is 46.9 Å². The number of nitrogens with one attached hydrogen (secondary N) is 1. The first-order chi connectivity index (χ1) is 12.6. The van der Waals surface area contributed by atoms with Gasteiger partial charge in [0.15, 0.2) is 5.82 Å². The summed E-state index contributed by atoms with van der Waals surface area (Å²) in [6, 6.07) is 17.8. The maximum atomic E-state index is 12.5. The molecule has 2 unspecified atom stereocenters. The van der Waals surface area contributed by atoms with Crippen LogP contribution in [0, 0.1) is 5.92 Å². The highest BCUT2D eigenvalue weighted by atomic mass is 79.9. The minimum absolute atomic E-state index is 0.0192. The summed E-state index contributed by atoms with van der Waals surface area (Å²) in [5, 5.41) is 8.14. The Bertz CT molecular complexity index is 924. The Morgan fingerprint density at radius 3 is 2.65 bits per heavy atom. The van der Waals surface area contributed by atoms with E-state index in [1.807, 2.05) is 48.7 Å². The molecule has 1 aliphatic carbocycles. The van der Waals surface area contributed by atoms with E-state index >= 15 is 0 Å². The number of hydrogen-bond acceptors (Lipinski definition) is 2. The predicted molar refractivity (Wildman–Crippen MR) is 106 cm³/mol. The molecule has 2 aromatic carbocycles. The molecule has 1 heterocycles. The molecule has 1 amide bonds. The van der Waals surface area contributed by atoms with Gasteiger partial charge in [-0.2, -0.15) is 5.10 Å². The van der Waals surface area contributed by atoms with E-state index in [2.05, 4.69) is 38.5 Å². The van der Waals surface area contributed by atoms with Crippen molar-refractivity contribution in [2.45, 2.75) is 18.9 Å². The molecule has 2 atom stereocenters. The van der Waals surface area contributed by atoms with Crippen LogP contribution in [-0.4, -0.2) is 15.7 Å². The number of benzene rings is 2. The third kappa shape index (κ3) is 3.84. The molecular weight excluding hydrogens is 414 g/mol. The van der Waals surface area contributed by atoms with Gasteiger partial charge in [0.05, 0.1) is 11.0 Å². The maximum Gasteiger partial charge on any atom is 0.229 e. The third-order valence-electron chi connectivity index (χ3n) is 4.57. The zero-order valence-electron chi connectivity index (χ0n) is 13.9. The van der Waals surface area contributed by atoms with E-state index in [-0.39, 0.29) is 11.8 Å². The molecule has 0 spiro atoms. The summed E-state index contributed by atoms with van der Waals surface area (Å²) in [5.41, 5.74) is 2.31. The van der Waals surface area contributed by atoms with Crippen LogP contribution in [-0.2, 0) is 11.3 Å². The second-order valence-electron chi connectivity index (χ2n) is 6.50. The van der Waals surface area contributed by atoms with Crippen molar-refractivity contribution in [2.75, 3.05) is 5.32 Å². The number of halogens is 2. The Labute approximate surface area is 165 Å². The normalized spacial score (nSPS) is 18.5. The van der Waals surface area contributed by atoms with Crippen LogP contribution in [0.4, 0.5) is 5.82 Å². The second kappa shape index (κ2) is 7.25. The molecule has 1 saturated carbocycles. The fraction of sp³-hybridized carbons (Fsp3) is 0.200. The van der Waals surface area contributed by atoms with Gasteiger partial charge in [-0.3, -0.25) is 9.48 Å². The van der Waals surface area contributed by atoms with Crippen molar-refractivity contribution in [2.24, 2.45) is 5.92 Å². The molecule has 0 bridgehead atoms. The summed E-state index contributed by atoms with van der Waals surface area (Å²) in [5.74, 6) is 0.913. The van der Waals surface area contributed by atoms with Crippen molar-refractivity contribution in [3.8, 4) is 0 Å². The molecule has 1 aromatic heterocycles. The average molecular weight is 431 g/mol. The Morgan fingerprint density at radius 2 is 1.92 bits per heavy atom. The molecule has 6 heteroatoms. The lowest BCUT2D eigenvalue weighted by atomic mass is 10.1. The summed E-state index contributed by atoms with van der Waals surface area (Å²) in [7, 11) is 0. The van der Waals surface area contributed by atoms with Crippen LogP contribution in [0.1, 0.15) is 23.5 Å². The third-order valence-corrected chi connectivity index (χ3v) is 5.40. The lowest BCUT2D eigenvalue weighted by Crippen LogP contribution is -2.15. The van der Waals surface area contributed by atoms with Gasteiger partial charge >= 0.3 is 0 Å². The molecule has 0 radical (unpaired) electrons. The Balaban J connectivity index is 1.40. The van der Waals surface area contributed by atoms with Crippen molar-refractivity contribution in [3.05, 3.63) is 81.4 Å². The number of aromatic nitrogens is 2. The molecule has 0 aliphatic heterocycles. The molecule has 1 aliphatic rings. The number of anilines is 1. The Morgan fingerprint density at radius 1 is 1.19 bits per heavy atom. The SMILES string of the molecule is O=C(Nc1nn(Cc2ccc(Cl)cc2)cc1Br)C1CC1c1ccccc1. The van der Waals surface area contributed by atoms with Gasteiger partial charge in [0.1, 0.15) is 0 Å². The lowest BCUT2D eigenvalue weighted by Gasteiger charge is -2.04. The largest absolute Gasteiger partial charge is 0.308 e. The molecule has 4 nitrogen and oxygen atoms in total. The summed E-state index contributed by atoms with van der Waals surface area (Å²) >= 11 is 9.40. The number of carbonyl (C=O) groups excluding carboxylic acids is 1. The summed E-state index contributed by atoms with van der Waals surface area (Å²) in [6.45, 7) is 0.613. The number of rotatable bonds is 5. The van der Waals surface area contributed by atoms with Gasteiger partial charge in [0, 0.05) is 17.1 Å². The molecule has 132 valence electrons. The molecular formula is C20H17BrClN3O. The van der Waals surface area contributed by atoms with E-state index in [1.165, 1.54) is 5.56 Å². The van der Waals surface area contributed by atoms with E-state index in [1.54, 1.807) is 4.68 Å². The summed E-state index contributed by atoms with van der Waals surface area (Å²) in [4.78, 5) is 12.5. The first kappa shape index (κ1) is 17.3. The minimum Gasteiger partial charge on any atom is -0.308 e. The van der Waals surface area contributed by atoms with E-state index < -0.39 is 0 Å². The van der Waals surface area contributed by atoms with Crippen LogP contribution in [0.15, 0.2) is 65.3 Å². The Hall–Kier alpha value is -2.11. The highest BCUT2D eigenvalue weighted by Crippen LogP contribution is 2.48. The van der Waals surface area contributed by atoms with Crippen LogP contribution in [0.25, 0.3) is 0 Å². The summed E-state index contributed by atoms with van der Waals surface area (Å²) < 4.78 is 2.57. The van der Waals surface area contributed by atoms with E-state index in [9.17, 15) is 4.79 Å². The Kier molecular flexibility index (Phi) is 4.83. The van der Waals surface area contributed by atoms with Crippen LogP contribution in [0.5, 0.6) is 0 Å². The number of amides is 1. The van der Waals surface area contributed by atoms with Gasteiger partial charge in [-0.25, -0.2) is 0 Å². The van der Waals surface area contributed by atoms with Crippen molar-refractivity contribution in [3.63, 3.8) is 0 Å². The smallest absolute Gasteiger partial charge is 0.229 e. The van der Waals surface area contributed by atoms with Crippen molar-refractivity contribution in [1.82, 2.24) is 9.78 Å². The average Bonchev–Trinajstić information content (AvgIpc) is 3.38. The fourth-order valence-corrected chi connectivity index (χ4v) is 3.64. The van der Waals surface area contributed by atoms with E-state index in [0.717, 1.165) is 16.5 Å². The standard InChI is InChI=1S/C20H17BrClN3O/c21-18-12-25(11-13-6-8-15(22)9-7-13)24-19(18)23-20(26)17-10-16(17)14-4-2-1-3-5-14/h1-9,12,16-17H,10-11H2,(H,23,24,26). The number of nitrogens with zero attached hydrogens (tertiary/aromatic N) is 2. The highest BCUT2D eigenvalue weighted by molar-refractivity contribution is 9.10. The van der Waals surface area contributed by atoms with Gasteiger partial charge in [-0.15, -0.1) is 0 Å². The molecule has 4 rings (SSSR count). The first-order valence-corrected chi connectivity index (χ1v) is 9.60. The molecule has 26 heavy (non-hydrogen) atoms. The van der Waals surface area contributed by atoms with E-state index in [0.29, 0.717) is 23.3 Å².